The molecule has 0 radical (unpaired) electrons. The van der Waals surface area contributed by atoms with E-state index in [1.54, 1.807) is 24.3 Å². The van der Waals surface area contributed by atoms with Gasteiger partial charge in [0.1, 0.15) is 18.1 Å². The van der Waals surface area contributed by atoms with Gasteiger partial charge in [-0.25, -0.2) is 9.78 Å². The van der Waals surface area contributed by atoms with Crippen LogP contribution in [0.5, 0.6) is 5.75 Å². The number of rotatable bonds is 5. The lowest BCUT2D eigenvalue weighted by Crippen LogP contribution is -1.99. The summed E-state index contributed by atoms with van der Waals surface area (Å²) in [6.45, 7) is 0.308. The van der Waals surface area contributed by atoms with Crippen LogP contribution in [0.4, 0.5) is 0 Å². The van der Waals surface area contributed by atoms with Crippen molar-refractivity contribution in [3.8, 4) is 5.75 Å². The van der Waals surface area contributed by atoms with E-state index in [4.69, 9.17) is 9.84 Å². The maximum absolute atomic E-state index is 10.7. The average Bonchev–Trinajstić information content (AvgIpc) is 2.46. The largest absolute Gasteiger partial charge is 0.487 e. The van der Waals surface area contributed by atoms with Gasteiger partial charge in [0, 0.05) is 0 Å². The summed E-state index contributed by atoms with van der Waals surface area (Å²) in [5, 5.41) is 8.76. The Balaban J connectivity index is 1.97. The number of aromatic carboxylic acids is 1. The molecular formula is C14H11NO4. The minimum atomic E-state index is -0.957. The Labute approximate surface area is 109 Å². The molecule has 19 heavy (non-hydrogen) atoms. The zero-order valence-electron chi connectivity index (χ0n) is 9.95. The van der Waals surface area contributed by atoms with Crippen molar-refractivity contribution in [1.29, 1.82) is 0 Å². The van der Waals surface area contributed by atoms with E-state index in [1.807, 2.05) is 0 Å². The van der Waals surface area contributed by atoms with Crippen LogP contribution >= 0.6 is 0 Å². The molecule has 2 aromatic rings. The van der Waals surface area contributed by atoms with Gasteiger partial charge >= 0.3 is 5.97 Å². The zero-order chi connectivity index (χ0) is 13.7. The Morgan fingerprint density at radius 3 is 2.47 bits per heavy atom. The third-order valence-electron chi connectivity index (χ3n) is 2.49. The number of carboxylic acids is 1. The lowest BCUT2D eigenvalue weighted by Gasteiger charge is -2.06. The van der Waals surface area contributed by atoms with Gasteiger partial charge in [-0.3, -0.25) is 4.79 Å². The summed E-state index contributed by atoms with van der Waals surface area (Å²) < 4.78 is 5.47. The molecule has 0 aliphatic carbocycles. The number of ether oxygens (including phenoxy) is 1. The monoisotopic (exact) mass is 257 g/mol. The number of nitrogens with zero attached hydrogens (tertiary/aromatic N) is 1. The molecule has 0 aliphatic rings. The number of carbonyl (C=O) groups is 2. The highest BCUT2D eigenvalue weighted by Crippen LogP contribution is 2.12. The average molecular weight is 257 g/mol. The number of hydrogen-bond acceptors (Lipinski definition) is 4. The van der Waals surface area contributed by atoms with Crippen LogP contribution in [0.2, 0.25) is 0 Å². The summed E-state index contributed by atoms with van der Waals surface area (Å²) >= 11 is 0. The van der Waals surface area contributed by atoms with Crippen molar-refractivity contribution in [3.05, 3.63) is 59.4 Å². The van der Waals surface area contributed by atoms with Gasteiger partial charge in [-0.2, -0.15) is 0 Å². The van der Waals surface area contributed by atoms with Crippen LogP contribution in [0.25, 0.3) is 0 Å². The third kappa shape index (κ3) is 3.38. The fraction of sp³-hybridized carbons (Fsp3) is 0.0714. The molecule has 0 atom stereocenters. The first-order chi connectivity index (χ1) is 9.19. The van der Waals surface area contributed by atoms with Crippen LogP contribution < -0.4 is 4.74 Å². The van der Waals surface area contributed by atoms with Crippen molar-refractivity contribution in [3.63, 3.8) is 0 Å². The van der Waals surface area contributed by atoms with E-state index in [2.05, 4.69) is 4.98 Å². The smallest absolute Gasteiger partial charge is 0.335 e. The molecule has 1 aromatic carbocycles. The van der Waals surface area contributed by atoms with Crippen molar-refractivity contribution < 1.29 is 19.4 Å². The van der Waals surface area contributed by atoms with E-state index in [9.17, 15) is 9.59 Å². The molecule has 0 saturated carbocycles. The fourth-order valence-electron chi connectivity index (χ4n) is 1.46. The highest BCUT2D eigenvalue weighted by molar-refractivity contribution is 5.87. The van der Waals surface area contributed by atoms with E-state index < -0.39 is 5.97 Å². The van der Waals surface area contributed by atoms with Gasteiger partial charge in [0.05, 0.1) is 11.8 Å². The molecule has 0 bridgehead atoms. The Morgan fingerprint density at radius 1 is 1.21 bits per heavy atom. The maximum atomic E-state index is 10.7. The summed E-state index contributed by atoms with van der Waals surface area (Å²) in [4.78, 5) is 25.0. The minimum Gasteiger partial charge on any atom is -0.487 e. The Kier molecular flexibility index (Phi) is 3.87. The Hall–Kier alpha value is -2.69. The molecule has 5 nitrogen and oxygen atoms in total. The molecule has 96 valence electrons. The molecule has 2 rings (SSSR count). The number of benzene rings is 1. The zero-order valence-corrected chi connectivity index (χ0v) is 9.95. The van der Waals surface area contributed by atoms with Gasteiger partial charge in [0.15, 0.2) is 6.29 Å². The van der Waals surface area contributed by atoms with Crippen LogP contribution in [0.3, 0.4) is 0 Å². The number of hydrogen-bond donors (Lipinski definition) is 1. The van der Waals surface area contributed by atoms with E-state index in [-0.39, 0.29) is 5.56 Å². The van der Waals surface area contributed by atoms with E-state index in [1.165, 1.54) is 18.3 Å². The number of carboxylic acid groups (broad SMARTS) is 1. The molecule has 5 heteroatoms. The second-order valence-corrected chi connectivity index (χ2v) is 3.83. The number of aromatic nitrogens is 1. The molecule has 0 saturated heterocycles. The molecule has 0 fully saturated rings. The molecule has 0 unspecified atom stereocenters. The Bertz CT molecular complexity index is 575. The lowest BCUT2D eigenvalue weighted by molar-refractivity contribution is 0.0696. The molecular weight excluding hydrogens is 246 g/mol. The molecule has 1 heterocycles. The van der Waals surface area contributed by atoms with Crippen molar-refractivity contribution in [1.82, 2.24) is 4.98 Å². The first-order valence-electron chi connectivity index (χ1n) is 5.55. The second-order valence-electron chi connectivity index (χ2n) is 3.83. The summed E-state index contributed by atoms with van der Waals surface area (Å²) in [7, 11) is 0. The van der Waals surface area contributed by atoms with Crippen molar-refractivity contribution in [2.75, 3.05) is 0 Å². The van der Waals surface area contributed by atoms with Crippen molar-refractivity contribution in [2.45, 2.75) is 6.61 Å². The first-order valence-corrected chi connectivity index (χ1v) is 5.55. The van der Waals surface area contributed by atoms with Gasteiger partial charge in [0.2, 0.25) is 0 Å². The van der Waals surface area contributed by atoms with E-state index >= 15 is 0 Å². The van der Waals surface area contributed by atoms with Gasteiger partial charge in [-0.15, -0.1) is 0 Å². The summed E-state index contributed by atoms with van der Waals surface area (Å²) in [5.74, 6) is -0.408. The summed E-state index contributed by atoms with van der Waals surface area (Å²) in [6.07, 6.45) is 2.13. The number of carbonyl (C=O) groups excluding carboxylic acids is 1. The fourth-order valence-corrected chi connectivity index (χ4v) is 1.46. The van der Waals surface area contributed by atoms with Crippen molar-refractivity contribution in [2.24, 2.45) is 0 Å². The van der Waals surface area contributed by atoms with E-state index in [0.717, 1.165) is 5.56 Å². The van der Waals surface area contributed by atoms with Gasteiger partial charge in [-0.05, 0) is 29.8 Å². The van der Waals surface area contributed by atoms with Gasteiger partial charge in [-0.1, -0.05) is 12.1 Å². The predicted molar refractivity (Wildman–Crippen MR) is 67.4 cm³/mol. The standard InChI is InChI=1S/C14H11NO4/c16-8-12-5-6-13(7-15-12)19-9-10-1-3-11(4-2-10)14(17)18/h1-8H,9H2,(H,17,18). The van der Waals surface area contributed by atoms with Crippen LogP contribution in [-0.4, -0.2) is 22.3 Å². The van der Waals surface area contributed by atoms with Crippen LogP contribution in [0, 0.1) is 0 Å². The highest BCUT2D eigenvalue weighted by atomic mass is 16.5. The van der Waals surface area contributed by atoms with E-state index in [0.29, 0.717) is 24.3 Å². The number of aldehydes is 1. The topological polar surface area (TPSA) is 76.5 Å². The molecule has 1 aromatic heterocycles. The molecule has 0 aliphatic heterocycles. The molecule has 0 spiro atoms. The Morgan fingerprint density at radius 2 is 1.95 bits per heavy atom. The van der Waals surface area contributed by atoms with Gasteiger partial charge in [0.25, 0.3) is 0 Å². The minimum absolute atomic E-state index is 0.237. The second kappa shape index (κ2) is 5.77. The lowest BCUT2D eigenvalue weighted by atomic mass is 10.1. The highest BCUT2D eigenvalue weighted by Gasteiger charge is 2.02. The van der Waals surface area contributed by atoms with Crippen LogP contribution in [0.15, 0.2) is 42.6 Å². The summed E-state index contributed by atoms with van der Waals surface area (Å²) in [6, 6.07) is 9.65. The SMILES string of the molecule is O=Cc1ccc(OCc2ccc(C(=O)O)cc2)cn1. The van der Waals surface area contributed by atoms with Crippen LogP contribution in [0.1, 0.15) is 26.4 Å². The normalized spacial score (nSPS) is 9.89. The quantitative estimate of drug-likeness (QED) is 0.831. The first kappa shape index (κ1) is 12.8. The number of pyridine rings is 1. The third-order valence-corrected chi connectivity index (χ3v) is 2.49. The molecule has 0 amide bonds. The maximum Gasteiger partial charge on any atom is 0.335 e. The predicted octanol–water partition coefficient (Wildman–Crippen LogP) is 2.17. The van der Waals surface area contributed by atoms with Crippen molar-refractivity contribution >= 4 is 12.3 Å². The van der Waals surface area contributed by atoms with Crippen LogP contribution in [-0.2, 0) is 6.61 Å². The van der Waals surface area contributed by atoms with Gasteiger partial charge < -0.3 is 9.84 Å². The molecule has 1 N–H and O–H groups in total. The summed E-state index contributed by atoms with van der Waals surface area (Å²) in [5.41, 5.74) is 1.43.